The Morgan fingerprint density at radius 3 is 2.78 bits per heavy atom. The summed E-state index contributed by atoms with van der Waals surface area (Å²) >= 11 is 3.18. The summed E-state index contributed by atoms with van der Waals surface area (Å²) in [6, 6.07) is 4.04. The third kappa shape index (κ3) is 3.80. The van der Waals surface area contributed by atoms with Crippen LogP contribution >= 0.6 is 15.9 Å². The molecule has 0 aromatic heterocycles. The second-order valence-corrected chi connectivity index (χ2v) is 5.59. The first-order chi connectivity index (χ1) is 8.65. The molecule has 1 saturated carbocycles. The van der Waals surface area contributed by atoms with Gasteiger partial charge in [0.25, 0.3) is 0 Å². The number of esters is 1. The maximum atomic E-state index is 12.9. The highest BCUT2D eigenvalue weighted by atomic mass is 79.9. The van der Waals surface area contributed by atoms with E-state index in [0.29, 0.717) is 22.6 Å². The Morgan fingerprint density at radius 2 is 2.11 bits per heavy atom. The molecule has 2 nitrogen and oxygen atoms in total. The van der Waals surface area contributed by atoms with Crippen LogP contribution in [-0.2, 0) is 4.79 Å². The van der Waals surface area contributed by atoms with Gasteiger partial charge in [0.1, 0.15) is 11.6 Å². The summed E-state index contributed by atoms with van der Waals surface area (Å²) in [7, 11) is 0. The number of benzene rings is 1. The Balaban J connectivity index is 1.82. The summed E-state index contributed by atoms with van der Waals surface area (Å²) in [6.07, 6.45) is 6.36. The minimum atomic E-state index is -0.354. The lowest BCUT2D eigenvalue weighted by Crippen LogP contribution is -2.10. The zero-order valence-electron chi connectivity index (χ0n) is 10.1. The number of carbonyl (C=O) groups is 1. The van der Waals surface area contributed by atoms with Crippen molar-refractivity contribution in [2.75, 3.05) is 0 Å². The van der Waals surface area contributed by atoms with Gasteiger partial charge in [-0.2, -0.15) is 0 Å². The Hall–Kier alpha value is -0.900. The monoisotopic (exact) mass is 314 g/mol. The van der Waals surface area contributed by atoms with Crippen LogP contribution in [0.2, 0.25) is 0 Å². The summed E-state index contributed by atoms with van der Waals surface area (Å²) in [4.78, 5) is 11.7. The largest absolute Gasteiger partial charge is 0.425 e. The lowest BCUT2D eigenvalue weighted by atomic mass is 10.0. The molecule has 2 rings (SSSR count). The van der Waals surface area contributed by atoms with Gasteiger partial charge in [-0.25, -0.2) is 4.39 Å². The van der Waals surface area contributed by atoms with Crippen molar-refractivity contribution < 1.29 is 13.9 Å². The highest BCUT2D eigenvalue weighted by Crippen LogP contribution is 2.29. The molecule has 0 heterocycles. The van der Waals surface area contributed by atoms with E-state index in [9.17, 15) is 9.18 Å². The number of hydrogen-bond acceptors (Lipinski definition) is 2. The van der Waals surface area contributed by atoms with Crippen molar-refractivity contribution in [1.82, 2.24) is 0 Å². The van der Waals surface area contributed by atoms with Crippen molar-refractivity contribution in [2.24, 2.45) is 5.92 Å². The van der Waals surface area contributed by atoms with Gasteiger partial charge in [0.05, 0.1) is 4.47 Å². The van der Waals surface area contributed by atoms with Gasteiger partial charge in [0.15, 0.2) is 0 Å². The molecule has 4 heteroatoms. The Bertz CT molecular complexity index is 428. The molecule has 0 amide bonds. The second kappa shape index (κ2) is 6.32. The van der Waals surface area contributed by atoms with Gasteiger partial charge < -0.3 is 4.74 Å². The van der Waals surface area contributed by atoms with Gasteiger partial charge in [0, 0.05) is 6.42 Å². The summed E-state index contributed by atoms with van der Waals surface area (Å²) in [5.41, 5.74) is 0. The summed E-state index contributed by atoms with van der Waals surface area (Å²) in [6.45, 7) is 0. The van der Waals surface area contributed by atoms with Gasteiger partial charge in [0.2, 0.25) is 0 Å². The molecule has 0 unspecified atom stereocenters. The molecule has 1 aliphatic carbocycles. The zero-order chi connectivity index (χ0) is 13.0. The molecule has 1 aromatic rings. The first kappa shape index (κ1) is 13.5. The van der Waals surface area contributed by atoms with E-state index in [-0.39, 0.29) is 11.8 Å². The van der Waals surface area contributed by atoms with Crippen LogP contribution in [0.3, 0.4) is 0 Å². The predicted molar refractivity (Wildman–Crippen MR) is 70.9 cm³/mol. The average molecular weight is 315 g/mol. The number of halogens is 2. The van der Waals surface area contributed by atoms with Crippen LogP contribution < -0.4 is 4.74 Å². The fraction of sp³-hybridized carbons (Fsp3) is 0.500. The second-order valence-electron chi connectivity index (χ2n) is 4.74. The molecule has 0 atom stereocenters. The van der Waals surface area contributed by atoms with Crippen LogP contribution in [0.1, 0.15) is 38.5 Å². The van der Waals surface area contributed by atoms with E-state index in [0.717, 1.165) is 6.42 Å². The predicted octanol–water partition coefficient (Wildman–Crippen LogP) is 4.46. The minimum absolute atomic E-state index is 0.241. The zero-order valence-corrected chi connectivity index (χ0v) is 11.7. The number of ether oxygens (including phenoxy) is 1. The van der Waals surface area contributed by atoms with E-state index in [1.165, 1.54) is 43.9 Å². The maximum Gasteiger partial charge on any atom is 0.311 e. The molecule has 1 fully saturated rings. The molecule has 0 radical (unpaired) electrons. The van der Waals surface area contributed by atoms with Crippen LogP contribution in [0.25, 0.3) is 0 Å². The lowest BCUT2D eigenvalue weighted by Gasteiger charge is -2.09. The molecule has 0 saturated heterocycles. The highest BCUT2D eigenvalue weighted by Gasteiger charge is 2.17. The third-order valence-electron chi connectivity index (χ3n) is 3.35. The van der Waals surface area contributed by atoms with Crippen molar-refractivity contribution >= 4 is 21.9 Å². The molecule has 0 spiro atoms. The smallest absolute Gasteiger partial charge is 0.311 e. The number of rotatable bonds is 4. The fourth-order valence-corrected chi connectivity index (χ4v) is 2.78. The van der Waals surface area contributed by atoms with E-state index < -0.39 is 0 Å². The van der Waals surface area contributed by atoms with Crippen LogP contribution in [0.5, 0.6) is 5.75 Å². The normalized spacial score (nSPS) is 15.9. The fourth-order valence-electron chi connectivity index (χ4n) is 2.35. The molecule has 98 valence electrons. The van der Waals surface area contributed by atoms with Gasteiger partial charge in [-0.1, -0.05) is 25.7 Å². The average Bonchev–Trinajstić information content (AvgIpc) is 2.83. The maximum absolute atomic E-state index is 12.9. The molecule has 0 aliphatic heterocycles. The number of hydrogen-bond donors (Lipinski definition) is 0. The molecular weight excluding hydrogens is 299 g/mol. The molecule has 1 aromatic carbocycles. The first-order valence-electron chi connectivity index (χ1n) is 6.31. The van der Waals surface area contributed by atoms with Crippen LogP contribution in [-0.4, -0.2) is 5.97 Å². The molecular formula is C14H16BrFO2. The SMILES string of the molecule is O=C(CCC1CCCC1)Oc1ccc(F)cc1Br. The van der Waals surface area contributed by atoms with Crippen molar-refractivity contribution in [2.45, 2.75) is 38.5 Å². The minimum Gasteiger partial charge on any atom is -0.425 e. The number of carbonyl (C=O) groups excluding carboxylic acids is 1. The molecule has 18 heavy (non-hydrogen) atoms. The molecule has 0 N–H and O–H groups in total. The van der Waals surface area contributed by atoms with E-state index in [1.54, 1.807) is 0 Å². The Kier molecular flexibility index (Phi) is 4.75. The standard InChI is InChI=1S/C14H16BrFO2/c15-12-9-11(16)6-7-13(12)18-14(17)8-5-10-3-1-2-4-10/h6-7,9-10H,1-5,8H2. The van der Waals surface area contributed by atoms with Crippen LogP contribution in [0.4, 0.5) is 4.39 Å². The van der Waals surface area contributed by atoms with Crippen LogP contribution in [0.15, 0.2) is 22.7 Å². The van der Waals surface area contributed by atoms with Crippen LogP contribution in [0, 0.1) is 11.7 Å². The highest BCUT2D eigenvalue weighted by molar-refractivity contribution is 9.10. The van der Waals surface area contributed by atoms with Gasteiger partial charge in [-0.05, 0) is 46.5 Å². The van der Waals surface area contributed by atoms with Crippen molar-refractivity contribution in [3.63, 3.8) is 0 Å². The first-order valence-corrected chi connectivity index (χ1v) is 7.10. The Labute approximate surface area is 115 Å². The summed E-state index contributed by atoms with van der Waals surface area (Å²) < 4.78 is 18.5. The summed E-state index contributed by atoms with van der Waals surface area (Å²) in [5.74, 6) is 0.462. The van der Waals surface area contributed by atoms with Gasteiger partial charge in [-0.3, -0.25) is 4.79 Å². The van der Waals surface area contributed by atoms with E-state index >= 15 is 0 Å². The quantitative estimate of drug-likeness (QED) is 0.605. The van der Waals surface area contributed by atoms with E-state index in [2.05, 4.69) is 15.9 Å². The summed E-state index contributed by atoms with van der Waals surface area (Å²) in [5, 5.41) is 0. The van der Waals surface area contributed by atoms with Gasteiger partial charge in [-0.15, -0.1) is 0 Å². The Morgan fingerprint density at radius 1 is 1.39 bits per heavy atom. The van der Waals surface area contributed by atoms with Gasteiger partial charge >= 0.3 is 5.97 Å². The van der Waals surface area contributed by atoms with Crippen molar-refractivity contribution in [3.05, 3.63) is 28.5 Å². The topological polar surface area (TPSA) is 26.3 Å². The molecule has 1 aliphatic rings. The lowest BCUT2D eigenvalue weighted by molar-refractivity contribution is -0.134. The van der Waals surface area contributed by atoms with Crippen molar-refractivity contribution in [1.29, 1.82) is 0 Å². The van der Waals surface area contributed by atoms with Crippen molar-refractivity contribution in [3.8, 4) is 5.75 Å². The molecule has 0 bridgehead atoms. The van der Waals surface area contributed by atoms with E-state index in [1.807, 2.05) is 0 Å². The third-order valence-corrected chi connectivity index (χ3v) is 3.97. The van der Waals surface area contributed by atoms with E-state index in [4.69, 9.17) is 4.74 Å².